The van der Waals surface area contributed by atoms with Gasteiger partial charge in [-0.25, -0.2) is 4.98 Å². The molecule has 7 heteroatoms. The van der Waals surface area contributed by atoms with Crippen LogP contribution in [0.25, 0.3) is 0 Å². The third kappa shape index (κ3) is 3.32. The zero-order valence-corrected chi connectivity index (χ0v) is 12.0. The largest absolute Gasteiger partial charge is 0.493 e. The zero-order valence-electron chi connectivity index (χ0n) is 12.0. The highest BCUT2D eigenvalue weighted by atomic mass is 16.5. The van der Waals surface area contributed by atoms with Gasteiger partial charge in [0.05, 0.1) is 20.3 Å². The molecule has 0 aliphatic carbocycles. The number of hydrogen-bond acceptors (Lipinski definition) is 6. The summed E-state index contributed by atoms with van der Waals surface area (Å²) < 4.78 is 15.4. The molecule has 0 aliphatic heterocycles. The number of hydrogen-bond donors (Lipinski definition) is 2. The number of nitrogens with zero attached hydrogens (tertiary/aromatic N) is 1. The Morgan fingerprint density at radius 3 is 2.62 bits per heavy atom. The molecule has 1 aromatic heterocycles. The van der Waals surface area contributed by atoms with Gasteiger partial charge in [0.1, 0.15) is 6.26 Å². The zero-order chi connectivity index (χ0) is 15.4. The summed E-state index contributed by atoms with van der Waals surface area (Å²) >= 11 is 0. The summed E-state index contributed by atoms with van der Waals surface area (Å²) in [6, 6.07) is 4.69. The minimum Gasteiger partial charge on any atom is -0.493 e. The molecule has 112 valence electrons. The van der Waals surface area contributed by atoms with Gasteiger partial charge in [0, 0.05) is 11.8 Å². The van der Waals surface area contributed by atoms with E-state index in [4.69, 9.17) is 19.6 Å². The van der Waals surface area contributed by atoms with E-state index in [0.717, 1.165) is 0 Å². The average molecular weight is 291 g/mol. The summed E-state index contributed by atoms with van der Waals surface area (Å²) in [6.45, 7) is 1.72. The molecule has 1 aromatic carbocycles. The monoisotopic (exact) mass is 291 g/mol. The minimum atomic E-state index is -0.391. The van der Waals surface area contributed by atoms with Crippen LogP contribution in [0.5, 0.6) is 11.5 Å². The number of aromatic nitrogens is 1. The maximum atomic E-state index is 12.1. The number of carbonyl (C=O) groups is 1. The van der Waals surface area contributed by atoms with E-state index < -0.39 is 5.91 Å². The Bertz CT molecular complexity index is 637. The van der Waals surface area contributed by atoms with Gasteiger partial charge in [-0.1, -0.05) is 0 Å². The van der Waals surface area contributed by atoms with Crippen LogP contribution >= 0.6 is 0 Å². The standard InChI is InChI=1S/C14H17N3O4/c1-8(15)14-17-10(7-21-14)13(18)16-9-4-5-11(19-2)12(6-9)20-3/h4-8H,15H2,1-3H3,(H,16,18). The lowest BCUT2D eigenvalue weighted by molar-refractivity contribution is 0.102. The van der Waals surface area contributed by atoms with Gasteiger partial charge in [-0.15, -0.1) is 0 Å². The first kappa shape index (κ1) is 14.9. The van der Waals surface area contributed by atoms with Crippen LogP contribution in [0.4, 0.5) is 5.69 Å². The summed E-state index contributed by atoms with van der Waals surface area (Å²) in [5, 5.41) is 2.70. The first-order valence-corrected chi connectivity index (χ1v) is 6.29. The molecule has 0 radical (unpaired) electrons. The fraction of sp³-hybridized carbons (Fsp3) is 0.286. The first-order chi connectivity index (χ1) is 10.0. The summed E-state index contributed by atoms with van der Waals surface area (Å²) in [5.74, 6) is 1.02. The van der Waals surface area contributed by atoms with Gasteiger partial charge in [0.2, 0.25) is 5.89 Å². The molecule has 0 fully saturated rings. The molecule has 21 heavy (non-hydrogen) atoms. The van der Waals surface area contributed by atoms with E-state index in [1.165, 1.54) is 13.4 Å². The number of carbonyl (C=O) groups excluding carboxylic acids is 1. The van der Waals surface area contributed by atoms with Crippen molar-refractivity contribution in [1.82, 2.24) is 4.98 Å². The summed E-state index contributed by atoms with van der Waals surface area (Å²) in [6.07, 6.45) is 1.27. The highest BCUT2D eigenvalue weighted by Gasteiger charge is 2.15. The van der Waals surface area contributed by atoms with E-state index in [2.05, 4.69) is 10.3 Å². The lowest BCUT2D eigenvalue weighted by atomic mass is 10.2. The van der Waals surface area contributed by atoms with Crippen molar-refractivity contribution in [2.75, 3.05) is 19.5 Å². The topological polar surface area (TPSA) is 99.6 Å². The van der Waals surface area contributed by atoms with Crippen molar-refractivity contribution < 1.29 is 18.7 Å². The molecule has 1 heterocycles. The van der Waals surface area contributed by atoms with Crippen molar-refractivity contribution in [3.63, 3.8) is 0 Å². The number of rotatable bonds is 5. The molecule has 1 amide bonds. The molecule has 7 nitrogen and oxygen atoms in total. The highest BCUT2D eigenvalue weighted by Crippen LogP contribution is 2.29. The van der Waals surface area contributed by atoms with Crippen LogP contribution in [-0.4, -0.2) is 25.1 Å². The number of ether oxygens (including phenoxy) is 2. The second kappa shape index (κ2) is 6.27. The molecule has 1 atom stereocenters. The van der Waals surface area contributed by atoms with Crippen LogP contribution in [0.1, 0.15) is 29.3 Å². The van der Waals surface area contributed by atoms with Gasteiger partial charge in [0.25, 0.3) is 5.91 Å². The molecular formula is C14H17N3O4. The van der Waals surface area contributed by atoms with E-state index in [9.17, 15) is 4.79 Å². The summed E-state index contributed by atoms with van der Waals surface area (Å²) in [7, 11) is 3.07. The number of methoxy groups -OCH3 is 2. The fourth-order valence-corrected chi connectivity index (χ4v) is 1.71. The van der Waals surface area contributed by atoms with Crippen molar-refractivity contribution >= 4 is 11.6 Å². The van der Waals surface area contributed by atoms with Gasteiger partial charge in [-0.3, -0.25) is 4.79 Å². The molecular weight excluding hydrogens is 274 g/mol. The Kier molecular flexibility index (Phi) is 4.44. The number of amides is 1. The number of nitrogens with one attached hydrogen (secondary N) is 1. The van der Waals surface area contributed by atoms with Crippen molar-refractivity contribution in [3.05, 3.63) is 36.0 Å². The van der Waals surface area contributed by atoms with Gasteiger partial charge >= 0.3 is 0 Å². The average Bonchev–Trinajstić information content (AvgIpc) is 2.97. The molecule has 0 spiro atoms. The van der Waals surface area contributed by atoms with Crippen LogP contribution in [-0.2, 0) is 0 Å². The smallest absolute Gasteiger partial charge is 0.277 e. The van der Waals surface area contributed by atoms with Crippen LogP contribution in [0.2, 0.25) is 0 Å². The third-order valence-electron chi connectivity index (χ3n) is 2.79. The molecule has 0 saturated carbocycles. The summed E-state index contributed by atoms with van der Waals surface area (Å²) in [5.41, 5.74) is 6.35. The normalized spacial score (nSPS) is 11.8. The van der Waals surface area contributed by atoms with E-state index in [1.54, 1.807) is 32.2 Å². The van der Waals surface area contributed by atoms with E-state index in [-0.39, 0.29) is 11.7 Å². The van der Waals surface area contributed by atoms with Crippen LogP contribution in [0, 0.1) is 0 Å². The van der Waals surface area contributed by atoms with Gasteiger partial charge in [-0.05, 0) is 19.1 Å². The Balaban J connectivity index is 2.15. The Morgan fingerprint density at radius 2 is 2.05 bits per heavy atom. The van der Waals surface area contributed by atoms with Crippen LogP contribution in [0.3, 0.4) is 0 Å². The minimum absolute atomic E-state index is 0.164. The molecule has 1 unspecified atom stereocenters. The number of nitrogens with two attached hydrogens (primary N) is 1. The van der Waals surface area contributed by atoms with E-state index in [0.29, 0.717) is 23.1 Å². The number of oxazole rings is 1. The number of anilines is 1. The molecule has 0 saturated heterocycles. The molecule has 3 N–H and O–H groups in total. The van der Waals surface area contributed by atoms with E-state index >= 15 is 0 Å². The van der Waals surface area contributed by atoms with Crippen LogP contribution in [0.15, 0.2) is 28.9 Å². The predicted molar refractivity (Wildman–Crippen MR) is 76.6 cm³/mol. The molecule has 0 aliphatic rings. The number of benzene rings is 1. The van der Waals surface area contributed by atoms with Gasteiger partial charge in [-0.2, -0.15) is 0 Å². The Morgan fingerprint density at radius 1 is 1.33 bits per heavy atom. The molecule has 2 aromatic rings. The first-order valence-electron chi connectivity index (χ1n) is 6.29. The predicted octanol–water partition coefficient (Wildman–Crippen LogP) is 1.96. The lowest BCUT2D eigenvalue weighted by Crippen LogP contribution is -2.13. The van der Waals surface area contributed by atoms with Crippen molar-refractivity contribution in [3.8, 4) is 11.5 Å². The Hall–Kier alpha value is -2.54. The SMILES string of the molecule is COc1ccc(NC(=O)c2coc(C(C)N)n2)cc1OC. The maximum absolute atomic E-state index is 12.1. The Labute approximate surface area is 122 Å². The van der Waals surface area contributed by atoms with E-state index in [1.807, 2.05) is 0 Å². The van der Waals surface area contributed by atoms with Crippen LogP contribution < -0.4 is 20.5 Å². The molecule has 2 rings (SSSR count). The summed E-state index contributed by atoms with van der Waals surface area (Å²) in [4.78, 5) is 16.1. The molecule has 0 bridgehead atoms. The van der Waals surface area contributed by atoms with Gasteiger partial charge in [0.15, 0.2) is 17.2 Å². The van der Waals surface area contributed by atoms with Gasteiger partial charge < -0.3 is 24.9 Å². The van der Waals surface area contributed by atoms with Crippen molar-refractivity contribution in [1.29, 1.82) is 0 Å². The third-order valence-corrected chi connectivity index (χ3v) is 2.79. The van der Waals surface area contributed by atoms with Crippen molar-refractivity contribution in [2.24, 2.45) is 5.73 Å². The second-order valence-electron chi connectivity index (χ2n) is 4.38. The quantitative estimate of drug-likeness (QED) is 0.873. The van der Waals surface area contributed by atoms with Crippen molar-refractivity contribution in [2.45, 2.75) is 13.0 Å². The second-order valence-corrected chi connectivity index (χ2v) is 4.38. The maximum Gasteiger partial charge on any atom is 0.277 e. The highest BCUT2D eigenvalue weighted by molar-refractivity contribution is 6.02. The fourth-order valence-electron chi connectivity index (χ4n) is 1.71. The lowest BCUT2D eigenvalue weighted by Gasteiger charge is -2.09.